The lowest BCUT2D eigenvalue weighted by Crippen LogP contribution is -2.28. The average Bonchev–Trinajstić information content (AvgIpc) is 2.65. The zero-order chi connectivity index (χ0) is 11.3. The molecule has 5 nitrogen and oxygen atoms in total. The van der Waals surface area contributed by atoms with E-state index in [1.807, 2.05) is 24.3 Å². The summed E-state index contributed by atoms with van der Waals surface area (Å²) in [4.78, 5) is 28.5. The normalized spacial score (nSPS) is 11.3. The molecule has 0 unspecified atom stereocenters. The van der Waals surface area contributed by atoms with Gasteiger partial charge >= 0.3 is 5.69 Å². The molecule has 2 heterocycles. The second-order valence-electron chi connectivity index (χ2n) is 3.71. The van der Waals surface area contributed by atoms with Gasteiger partial charge in [-0.2, -0.15) is 0 Å². The molecule has 0 aliphatic heterocycles. The molecule has 80 valence electrons. The van der Waals surface area contributed by atoms with Crippen LogP contribution < -0.4 is 11.2 Å². The van der Waals surface area contributed by atoms with Crippen LogP contribution in [-0.4, -0.2) is 14.5 Å². The van der Waals surface area contributed by atoms with E-state index < -0.39 is 5.69 Å². The van der Waals surface area contributed by atoms with Crippen molar-refractivity contribution in [2.24, 2.45) is 7.05 Å². The van der Waals surface area contributed by atoms with E-state index in [2.05, 4.69) is 9.97 Å². The smallest absolute Gasteiger partial charge is 0.329 e. The predicted molar refractivity (Wildman–Crippen MR) is 61.7 cm³/mol. The van der Waals surface area contributed by atoms with Crippen LogP contribution in [0.4, 0.5) is 0 Å². The van der Waals surface area contributed by atoms with E-state index >= 15 is 0 Å². The second kappa shape index (κ2) is 2.85. The summed E-state index contributed by atoms with van der Waals surface area (Å²) in [6.45, 7) is 0. The number of fused-ring (bicyclic) bond motifs is 3. The highest BCUT2D eigenvalue weighted by molar-refractivity contribution is 6.05. The van der Waals surface area contributed by atoms with E-state index in [9.17, 15) is 9.59 Å². The topological polar surface area (TPSA) is 70.7 Å². The summed E-state index contributed by atoms with van der Waals surface area (Å²) in [5.41, 5.74) is 0.638. The molecule has 5 heteroatoms. The largest absolute Gasteiger partial charge is 0.340 e. The third kappa shape index (κ3) is 0.995. The molecule has 2 aromatic heterocycles. The van der Waals surface area contributed by atoms with Crippen LogP contribution in [0.3, 0.4) is 0 Å². The highest BCUT2D eigenvalue weighted by Gasteiger charge is 2.10. The van der Waals surface area contributed by atoms with E-state index in [0.29, 0.717) is 11.0 Å². The summed E-state index contributed by atoms with van der Waals surface area (Å²) in [7, 11) is 1.62. The fraction of sp³-hybridized carbons (Fsp3) is 0.0909. The van der Waals surface area contributed by atoms with E-state index in [0.717, 1.165) is 10.9 Å². The molecule has 1 aromatic carbocycles. The Morgan fingerprint density at radius 1 is 1.12 bits per heavy atom. The highest BCUT2D eigenvalue weighted by atomic mass is 16.2. The van der Waals surface area contributed by atoms with Crippen molar-refractivity contribution in [3.05, 3.63) is 45.1 Å². The minimum atomic E-state index is -0.413. The van der Waals surface area contributed by atoms with Gasteiger partial charge in [0.05, 0.1) is 5.39 Å². The zero-order valence-corrected chi connectivity index (χ0v) is 8.57. The fourth-order valence-corrected chi connectivity index (χ4v) is 1.95. The van der Waals surface area contributed by atoms with Crippen molar-refractivity contribution < 1.29 is 0 Å². The first-order valence-electron chi connectivity index (χ1n) is 4.88. The molecule has 3 aromatic rings. The Morgan fingerprint density at radius 2 is 1.88 bits per heavy atom. The molecule has 16 heavy (non-hydrogen) atoms. The summed E-state index contributed by atoms with van der Waals surface area (Å²) in [6, 6.07) is 7.47. The summed E-state index contributed by atoms with van der Waals surface area (Å²) < 4.78 is 1.40. The Bertz CT molecular complexity index is 807. The Kier molecular flexibility index (Phi) is 1.60. The third-order valence-corrected chi connectivity index (χ3v) is 2.77. The van der Waals surface area contributed by atoms with Gasteiger partial charge in [-0.25, -0.2) is 4.79 Å². The van der Waals surface area contributed by atoms with Gasteiger partial charge < -0.3 is 4.98 Å². The lowest BCUT2D eigenvalue weighted by atomic mass is 10.2. The number of benzene rings is 1. The van der Waals surface area contributed by atoms with Crippen LogP contribution in [0, 0.1) is 0 Å². The molecule has 0 spiro atoms. The number of nitrogens with one attached hydrogen (secondary N) is 2. The number of rotatable bonds is 0. The summed E-state index contributed by atoms with van der Waals surface area (Å²) in [5, 5.41) is 1.35. The first-order chi connectivity index (χ1) is 7.68. The predicted octanol–water partition coefficient (Wildman–Crippen LogP) is 0.708. The maximum absolute atomic E-state index is 11.7. The van der Waals surface area contributed by atoms with Crippen molar-refractivity contribution in [1.82, 2.24) is 14.5 Å². The monoisotopic (exact) mass is 215 g/mol. The van der Waals surface area contributed by atoms with Crippen LogP contribution in [0.2, 0.25) is 0 Å². The lowest BCUT2D eigenvalue weighted by molar-refractivity contribution is 0.834. The van der Waals surface area contributed by atoms with Gasteiger partial charge in [0, 0.05) is 18.0 Å². The van der Waals surface area contributed by atoms with Crippen LogP contribution in [0.5, 0.6) is 0 Å². The quantitative estimate of drug-likeness (QED) is 0.579. The summed E-state index contributed by atoms with van der Waals surface area (Å²) in [6.07, 6.45) is 0. The number of aromatic nitrogens is 3. The van der Waals surface area contributed by atoms with Gasteiger partial charge in [-0.15, -0.1) is 0 Å². The van der Waals surface area contributed by atoms with E-state index in [1.54, 1.807) is 7.05 Å². The SMILES string of the molecule is Cn1c(=O)[nH]c(=O)c2c3ccccc3[nH]c21. The van der Waals surface area contributed by atoms with E-state index in [1.165, 1.54) is 4.57 Å². The first-order valence-corrected chi connectivity index (χ1v) is 4.88. The Balaban J connectivity index is 2.76. The summed E-state index contributed by atoms with van der Waals surface area (Å²) >= 11 is 0. The molecular weight excluding hydrogens is 206 g/mol. The molecule has 0 bridgehead atoms. The maximum atomic E-state index is 11.7. The molecular formula is C11H9N3O2. The van der Waals surface area contributed by atoms with Gasteiger partial charge in [0.15, 0.2) is 0 Å². The Labute approximate surface area is 89.3 Å². The van der Waals surface area contributed by atoms with Crippen LogP contribution >= 0.6 is 0 Å². The number of nitrogens with zero attached hydrogens (tertiary/aromatic N) is 1. The second-order valence-corrected chi connectivity index (χ2v) is 3.71. The molecule has 3 rings (SSSR count). The van der Waals surface area contributed by atoms with Crippen LogP contribution in [-0.2, 0) is 7.05 Å². The molecule has 0 aliphatic rings. The van der Waals surface area contributed by atoms with E-state index in [-0.39, 0.29) is 5.56 Å². The molecule has 0 fully saturated rings. The van der Waals surface area contributed by atoms with Crippen molar-refractivity contribution >= 4 is 21.9 Å². The van der Waals surface area contributed by atoms with Gasteiger partial charge in [-0.1, -0.05) is 18.2 Å². The van der Waals surface area contributed by atoms with Crippen molar-refractivity contribution in [2.75, 3.05) is 0 Å². The number of aryl methyl sites for hydroxylation is 1. The van der Waals surface area contributed by atoms with Crippen molar-refractivity contribution in [1.29, 1.82) is 0 Å². The van der Waals surface area contributed by atoms with Crippen molar-refractivity contribution in [3.63, 3.8) is 0 Å². The van der Waals surface area contributed by atoms with Gasteiger partial charge in [-0.3, -0.25) is 14.3 Å². The Morgan fingerprint density at radius 3 is 2.69 bits per heavy atom. The molecule has 0 aliphatic carbocycles. The number of H-pyrrole nitrogens is 2. The van der Waals surface area contributed by atoms with E-state index in [4.69, 9.17) is 0 Å². The Hall–Kier alpha value is -2.30. The summed E-state index contributed by atoms with van der Waals surface area (Å²) in [5.74, 6) is 0. The fourth-order valence-electron chi connectivity index (χ4n) is 1.95. The molecule has 0 saturated heterocycles. The average molecular weight is 215 g/mol. The number of hydrogen-bond donors (Lipinski definition) is 2. The molecule has 2 N–H and O–H groups in total. The van der Waals surface area contributed by atoms with Gasteiger partial charge in [0.2, 0.25) is 0 Å². The van der Waals surface area contributed by atoms with Crippen LogP contribution in [0.15, 0.2) is 33.9 Å². The highest BCUT2D eigenvalue weighted by Crippen LogP contribution is 2.20. The number of hydrogen-bond acceptors (Lipinski definition) is 2. The molecule has 0 saturated carbocycles. The van der Waals surface area contributed by atoms with Crippen molar-refractivity contribution in [2.45, 2.75) is 0 Å². The van der Waals surface area contributed by atoms with Crippen LogP contribution in [0.1, 0.15) is 0 Å². The van der Waals surface area contributed by atoms with Crippen molar-refractivity contribution in [3.8, 4) is 0 Å². The first kappa shape index (κ1) is 8.96. The molecule has 0 radical (unpaired) electrons. The standard InChI is InChI=1S/C11H9N3O2/c1-14-9-8(10(15)13-11(14)16)6-4-2-3-5-7(6)12-9/h2-5,12H,1H3,(H,13,15,16). The zero-order valence-electron chi connectivity index (χ0n) is 8.57. The van der Waals surface area contributed by atoms with Gasteiger partial charge in [0.25, 0.3) is 5.56 Å². The maximum Gasteiger partial charge on any atom is 0.329 e. The molecule has 0 amide bonds. The number of para-hydroxylation sites is 1. The number of aromatic amines is 2. The van der Waals surface area contributed by atoms with Gasteiger partial charge in [0.1, 0.15) is 5.65 Å². The molecule has 0 atom stereocenters. The minimum absolute atomic E-state index is 0.351. The minimum Gasteiger partial charge on any atom is -0.340 e. The van der Waals surface area contributed by atoms with Crippen LogP contribution in [0.25, 0.3) is 21.9 Å². The third-order valence-electron chi connectivity index (χ3n) is 2.77. The lowest BCUT2D eigenvalue weighted by Gasteiger charge is -1.96. The van der Waals surface area contributed by atoms with Gasteiger partial charge in [-0.05, 0) is 6.07 Å².